The lowest BCUT2D eigenvalue weighted by atomic mass is 10.1. The van der Waals surface area contributed by atoms with Crippen LogP contribution in [0, 0.1) is 13.8 Å². The average Bonchev–Trinajstić information content (AvgIpc) is 2.98. The Morgan fingerprint density at radius 3 is 2.80 bits per heavy atom. The third-order valence-electron chi connectivity index (χ3n) is 3.53. The van der Waals surface area contributed by atoms with Crippen molar-refractivity contribution < 1.29 is 4.79 Å². The molecule has 0 spiro atoms. The quantitative estimate of drug-likeness (QED) is 0.888. The number of nitrogens with one attached hydrogen (secondary N) is 1. The summed E-state index contributed by atoms with van der Waals surface area (Å²) in [6.07, 6.45) is 2.20. The first kappa shape index (κ1) is 14.8. The van der Waals surface area contributed by atoms with Crippen LogP contribution in [0.1, 0.15) is 28.2 Å². The highest BCUT2D eigenvalue weighted by molar-refractivity contribution is 7.09. The molecule has 0 fully saturated rings. The van der Waals surface area contributed by atoms with Crippen LogP contribution in [-0.2, 0) is 24.7 Å². The predicted molar refractivity (Wildman–Crippen MR) is 82.0 cm³/mol. The molecule has 0 aliphatic rings. The summed E-state index contributed by atoms with van der Waals surface area (Å²) in [6.45, 7) is 4.76. The van der Waals surface area contributed by atoms with Gasteiger partial charge < -0.3 is 5.32 Å². The van der Waals surface area contributed by atoms with Crippen molar-refractivity contribution in [3.63, 3.8) is 0 Å². The number of rotatable bonds is 6. The molecular formula is C15H21N3OS. The van der Waals surface area contributed by atoms with Crippen LogP contribution in [0.2, 0.25) is 0 Å². The molecule has 0 aliphatic carbocycles. The van der Waals surface area contributed by atoms with E-state index in [0.717, 1.165) is 24.2 Å². The smallest absolute Gasteiger partial charge is 0.220 e. The molecular weight excluding hydrogens is 270 g/mol. The Bertz CT molecular complexity index is 572. The van der Waals surface area contributed by atoms with Gasteiger partial charge in [0.25, 0.3) is 0 Å². The molecule has 0 saturated carbocycles. The molecule has 0 atom stereocenters. The molecule has 1 N–H and O–H groups in total. The molecule has 1 amide bonds. The molecule has 5 heteroatoms. The summed E-state index contributed by atoms with van der Waals surface area (Å²) in [6, 6.07) is 4.13. The minimum atomic E-state index is 0.115. The Hall–Kier alpha value is -1.62. The summed E-state index contributed by atoms with van der Waals surface area (Å²) in [5.41, 5.74) is 3.37. The van der Waals surface area contributed by atoms with E-state index in [1.807, 2.05) is 31.6 Å². The van der Waals surface area contributed by atoms with Gasteiger partial charge in [-0.05, 0) is 43.7 Å². The molecule has 0 aromatic carbocycles. The van der Waals surface area contributed by atoms with Crippen molar-refractivity contribution in [2.45, 2.75) is 33.1 Å². The second-order valence-corrected chi connectivity index (χ2v) is 5.98. The Balaban J connectivity index is 1.75. The first-order valence-corrected chi connectivity index (χ1v) is 7.74. The lowest BCUT2D eigenvalue weighted by molar-refractivity contribution is -0.121. The zero-order chi connectivity index (χ0) is 14.5. The van der Waals surface area contributed by atoms with Gasteiger partial charge in [0.1, 0.15) is 0 Å². The molecule has 0 radical (unpaired) electrons. The minimum Gasteiger partial charge on any atom is -0.356 e. The van der Waals surface area contributed by atoms with E-state index in [-0.39, 0.29) is 5.91 Å². The summed E-state index contributed by atoms with van der Waals surface area (Å²) in [5, 5.41) is 9.41. The van der Waals surface area contributed by atoms with Crippen molar-refractivity contribution in [2.75, 3.05) is 6.54 Å². The van der Waals surface area contributed by atoms with Crippen LogP contribution < -0.4 is 5.32 Å². The summed E-state index contributed by atoms with van der Waals surface area (Å²) < 4.78 is 1.87. The second kappa shape index (κ2) is 6.70. The lowest BCUT2D eigenvalue weighted by Crippen LogP contribution is -2.25. The molecule has 0 unspecified atom stereocenters. The van der Waals surface area contributed by atoms with Gasteiger partial charge in [-0.2, -0.15) is 5.10 Å². The highest BCUT2D eigenvalue weighted by Gasteiger charge is 2.11. The van der Waals surface area contributed by atoms with Crippen LogP contribution in [-0.4, -0.2) is 22.2 Å². The van der Waals surface area contributed by atoms with Gasteiger partial charge in [0.2, 0.25) is 5.91 Å². The van der Waals surface area contributed by atoms with E-state index in [2.05, 4.69) is 21.9 Å². The van der Waals surface area contributed by atoms with E-state index in [4.69, 9.17) is 0 Å². The van der Waals surface area contributed by atoms with Crippen molar-refractivity contribution >= 4 is 17.2 Å². The molecule has 2 rings (SSSR count). The molecule has 0 aliphatic heterocycles. The van der Waals surface area contributed by atoms with E-state index >= 15 is 0 Å². The number of carbonyl (C=O) groups excluding carboxylic acids is 1. The molecule has 2 aromatic rings. The maximum absolute atomic E-state index is 11.8. The van der Waals surface area contributed by atoms with Crippen molar-refractivity contribution in [1.29, 1.82) is 0 Å². The summed E-state index contributed by atoms with van der Waals surface area (Å²) in [5.74, 6) is 0.115. The van der Waals surface area contributed by atoms with Crippen molar-refractivity contribution in [2.24, 2.45) is 7.05 Å². The average molecular weight is 291 g/mol. The van der Waals surface area contributed by atoms with Crippen LogP contribution in [0.3, 0.4) is 0 Å². The van der Waals surface area contributed by atoms with Gasteiger partial charge in [0.15, 0.2) is 0 Å². The molecule has 108 valence electrons. The van der Waals surface area contributed by atoms with Crippen LogP contribution in [0.25, 0.3) is 0 Å². The first-order valence-electron chi connectivity index (χ1n) is 6.86. The molecule has 2 aromatic heterocycles. The maximum atomic E-state index is 11.8. The second-order valence-electron chi connectivity index (χ2n) is 4.95. The SMILES string of the molecule is Cc1nn(C)c(C)c1CCC(=O)NCCc1cccs1. The van der Waals surface area contributed by atoms with Gasteiger partial charge >= 0.3 is 0 Å². The number of amides is 1. The van der Waals surface area contributed by atoms with E-state index in [1.54, 1.807) is 11.3 Å². The summed E-state index contributed by atoms with van der Waals surface area (Å²) in [7, 11) is 1.94. The molecule has 4 nitrogen and oxygen atoms in total. The summed E-state index contributed by atoms with van der Waals surface area (Å²) in [4.78, 5) is 13.1. The fourth-order valence-corrected chi connectivity index (χ4v) is 3.00. The van der Waals surface area contributed by atoms with Gasteiger partial charge in [0, 0.05) is 30.6 Å². The topological polar surface area (TPSA) is 46.9 Å². The largest absolute Gasteiger partial charge is 0.356 e. The fourth-order valence-electron chi connectivity index (χ4n) is 2.29. The van der Waals surface area contributed by atoms with Crippen LogP contribution in [0.15, 0.2) is 17.5 Å². The van der Waals surface area contributed by atoms with Crippen LogP contribution in [0.5, 0.6) is 0 Å². The standard InChI is InChI=1S/C15H21N3OS/c1-11-14(12(2)18(3)17-11)6-7-15(19)16-9-8-13-5-4-10-20-13/h4-5,10H,6-9H2,1-3H3,(H,16,19). The van der Waals surface area contributed by atoms with Gasteiger partial charge in [0.05, 0.1) is 5.69 Å². The van der Waals surface area contributed by atoms with Gasteiger partial charge in [-0.25, -0.2) is 0 Å². The van der Waals surface area contributed by atoms with Gasteiger partial charge in [-0.3, -0.25) is 9.48 Å². The van der Waals surface area contributed by atoms with Crippen LogP contribution in [0.4, 0.5) is 0 Å². The number of hydrogen-bond donors (Lipinski definition) is 1. The molecule has 0 saturated heterocycles. The number of aromatic nitrogens is 2. The molecule has 0 bridgehead atoms. The number of thiophene rings is 1. The van der Waals surface area contributed by atoms with Crippen LogP contribution >= 0.6 is 11.3 Å². The maximum Gasteiger partial charge on any atom is 0.220 e. The summed E-state index contributed by atoms with van der Waals surface area (Å²) >= 11 is 1.73. The molecule has 20 heavy (non-hydrogen) atoms. The third kappa shape index (κ3) is 3.70. The third-order valence-corrected chi connectivity index (χ3v) is 4.47. The predicted octanol–water partition coefficient (Wildman–Crippen LogP) is 2.39. The highest BCUT2D eigenvalue weighted by Crippen LogP contribution is 2.14. The van der Waals surface area contributed by atoms with E-state index in [9.17, 15) is 4.79 Å². The normalized spacial score (nSPS) is 10.8. The van der Waals surface area contributed by atoms with Crippen molar-refractivity contribution in [3.05, 3.63) is 39.3 Å². The van der Waals surface area contributed by atoms with E-state index < -0.39 is 0 Å². The van der Waals surface area contributed by atoms with Crippen molar-refractivity contribution in [1.82, 2.24) is 15.1 Å². The van der Waals surface area contributed by atoms with Gasteiger partial charge in [-0.1, -0.05) is 6.07 Å². The lowest BCUT2D eigenvalue weighted by Gasteiger charge is -2.05. The Labute approximate surface area is 123 Å². The Morgan fingerprint density at radius 1 is 1.40 bits per heavy atom. The zero-order valence-electron chi connectivity index (χ0n) is 12.3. The monoisotopic (exact) mass is 291 g/mol. The number of nitrogens with zero attached hydrogens (tertiary/aromatic N) is 2. The number of carbonyl (C=O) groups is 1. The highest BCUT2D eigenvalue weighted by atomic mass is 32.1. The Kier molecular flexibility index (Phi) is 4.95. The van der Waals surface area contributed by atoms with Gasteiger partial charge in [-0.15, -0.1) is 11.3 Å². The zero-order valence-corrected chi connectivity index (χ0v) is 13.1. The van der Waals surface area contributed by atoms with E-state index in [0.29, 0.717) is 13.0 Å². The first-order chi connectivity index (χ1) is 9.58. The fraction of sp³-hybridized carbons (Fsp3) is 0.467. The number of aryl methyl sites for hydroxylation is 2. The number of hydrogen-bond acceptors (Lipinski definition) is 3. The Morgan fingerprint density at radius 2 is 2.20 bits per heavy atom. The molecule has 2 heterocycles. The van der Waals surface area contributed by atoms with E-state index in [1.165, 1.54) is 10.4 Å². The minimum absolute atomic E-state index is 0.115. The van der Waals surface area contributed by atoms with Crippen molar-refractivity contribution in [3.8, 4) is 0 Å².